The van der Waals surface area contributed by atoms with Gasteiger partial charge in [-0.25, -0.2) is 4.79 Å². The van der Waals surface area contributed by atoms with E-state index in [-0.39, 0.29) is 42.0 Å². The van der Waals surface area contributed by atoms with Gasteiger partial charge in [0.1, 0.15) is 11.8 Å². The molecule has 2 aliphatic heterocycles. The molecule has 2 heterocycles. The number of esters is 1. The Morgan fingerprint density at radius 1 is 0.970 bits per heavy atom. The molecule has 33 heavy (non-hydrogen) atoms. The number of nitrogens with zero attached hydrogens (tertiary/aromatic N) is 1. The van der Waals surface area contributed by atoms with Gasteiger partial charge in [-0.2, -0.15) is 0 Å². The van der Waals surface area contributed by atoms with E-state index in [1.165, 1.54) is 0 Å². The molecule has 1 saturated heterocycles. The summed E-state index contributed by atoms with van der Waals surface area (Å²) in [5.41, 5.74) is 1.97. The van der Waals surface area contributed by atoms with Crippen molar-refractivity contribution in [2.75, 3.05) is 6.61 Å². The van der Waals surface area contributed by atoms with Gasteiger partial charge in [-0.1, -0.05) is 66.7 Å². The summed E-state index contributed by atoms with van der Waals surface area (Å²) in [6.45, 7) is 2.04. The molecule has 0 aromatic heterocycles. The van der Waals surface area contributed by atoms with E-state index in [1.807, 2.05) is 71.6 Å². The smallest absolute Gasteiger partial charge is 0.339 e. The molecule has 3 aliphatic rings. The molecule has 1 aliphatic carbocycles. The van der Waals surface area contributed by atoms with Gasteiger partial charge in [-0.3, -0.25) is 9.59 Å². The third kappa shape index (κ3) is 3.92. The molecular weight excluding hydrogens is 414 g/mol. The van der Waals surface area contributed by atoms with Gasteiger partial charge in [-0.15, -0.1) is 0 Å². The lowest BCUT2D eigenvalue weighted by Gasteiger charge is -2.31. The van der Waals surface area contributed by atoms with Crippen LogP contribution in [0.25, 0.3) is 0 Å². The molecule has 4 atom stereocenters. The van der Waals surface area contributed by atoms with E-state index in [0.717, 1.165) is 18.4 Å². The molecule has 5 nitrogen and oxygen atoms in total. The second-order valence-electron chi connectivity index (χ2n) is 8.92. The minimum absolute atomic E-state index is 0.0460. The molecular formula is C28H27NO4. The molecule has 5 rings (SSSR count). The van der Waals surface area contributed by atoms with Crippen molar-refractivity contribution in [2.24, 2.45) is 11.8 Å². The number of Topliss-reactive ketones (excluding diaryl/α,β-unsaturated/α-hetero) is 2. The molecule has 5 heteroatoms. The van der Waals surface area contributed by atoms with Crippen molar-refractivity contribution in [2.45, 2.75) is 37.8 Å². The maximum Gasteiger partial charge on any atom is 0.339 e. The normalized spacial score (nSPS) is 25.8. The maximum absolute atomic E-state index is 13.9. The summed E-state index contributed by atoms with van der Waals surface area (Å²) in [5.74, 6) is -0.841. The Bertz CT molecular complexity index is 1120. The summed E-state index contributed by atoms with van der Waals surface area (Å²) in [5, 5.41) is 0. The Balaban J connectivity index is 1.64. The van der Waals surface area contributed by atoms with Gasteiger partial charge in [0, 0.05) is 23.6 Å². The molecule has 2 aromatic rings. The van der Waals surface area contributed by atoms with Gasteiger partial charge in [-0.05, 0) is 31.4 Å². The molecule has 0 bridgehead atoms. The second kappa shape index (κ2) is 8.81. The Kier molecular flexibility index (Phi) is 5.71. The van der Waals surface area contributed by atoms with Crippen LogP contribution < -0.4 is 0 Å². The van der Waals surface area contributed by atoms with Gasteiger partial charge < -0.3 is 9.64 Å². The Labute approximate surface area is 193 Å². The summed E-state index contributed by atoms with van der Waals surface area (Å²) in [6.07, 6.45) is 7.20. The van der Waals surface area contributed by atoms with Crippen LogP contribution in [0.5, 0.6) is 0 Å². The molecule has 0 amide bonds. The molecule has 0 spiro atoms. The first-order valence-electron chi connectivity index (χ1n) is 11.6. The molecule has 2 aromatic carbocycles. The van der Waals surface area contributed by atoms with E-state index >= 15 is 0 Å². The van der Waals surface area contributed by atoms with Crippen molar-refractivity contribution < 1.29 is 19.1 Å². The quantitative estimate of drug-likeness (QED) is 0.473. The van der Waals surface area contributed by atoms with Gasteiger partial charge in [0.2, 0.25) is 0 Å². The number of carbonyl (C=O) groups excluding carboxylic acids is 3. The number of hydrogen-bond acceptors (Lipinski definition) is 5. The summed E-state index contributed by atoms with van der Waals surface area (Å²) >= 11 is 0. The number of ether oxygens (including phenoxy) is 1. The first-order chi connectivity index (χ1) is 16.1. The number of benzene rings is 2. The highest BCUT2D eigenvalue weighted by atomic mass is 16.5. The monoisotopic (exact) mass is 441 g/mol. The lowest BCUT2D eigenvalue weighted by molar-refractivity contribution is -0.138. The largest absolute Gasteiger partial charge is 0.462 e. The topological polar surface area (TPSA) is 63.7 Å². The van der Waals surface area contributed by atoms with Gasteiger partial charge >= 0.3 is 5.97 Å². The summed E-state index contributed by atoms with van der Waals surface area (Å²) in [6, 6.07) is 18.2. The fraction of sp³-hybridized carbons (Fsp3) is 0.321. The zero-order valence-electron chi connectivity index (χ0n) is 18.6. The molecule has 1 saturated carbocycles. The zero-order chi connectivity index (χ0) is 22.9. The van der Waals surface area contributed by atoms with E-state index in [4.69, 9.17) is 4.74 Å². The van der Waals surface area contributed by atoms with Crippen molar-refractivity contribution in [3.05, 3.63) is 95.7 Å². The van der Waals surface area contributed by atoms with Crippen LogP contribution in [0.3, 0.4) is 0 Å². The Morgan fingerprint density at radius 2 is 1.64 bits per heavy atom. The number of ketones is 2. The predicted octanol–water partition coefficient (Wildman–Crippen LogP) is 4.32. The Hall–Kier alpha value is -3.47. The number of hydrogen-bond donors (Lipinski definition) is 0. The van der Waals surface area contributed by atoms with Gasteiger partial charge in [0.15, 0.2) is 5.78 Å². The predicted molar refractivity (Wildman–Crippen MR) is 124 cm³/mol. The third-order valence-electron chi connectivity index (χ3n) is 6.85. The lowest BCUT2D eigenvalue weighted by atomic mass is 9.76. The number of carbonyl (C=O) groups is 3. The van der Waals surface area contributed by atoms with Gasteiger partial charge in [0.25, 0.3) is 0 Å². The van der Waals surface area contributed by atoms with Crippen molar-refractivity contribution in [1.29, 1.82) is 0 Å². The highest BCUT2D eigenvalue weighted by Gasteiger charge is 2.56. The van der Waals surface area contributed by atoms with E-state index in [0.29, 0.717) is 11.1 Å². The van der Waals surface area contributed by atoms with Gasteiger partial charge in [0.05, 0.1) is 24.1 Å². The van der Waals surface area contributed by atoms with E-state index < -0.39 is 12.0 Å². The average Bonchev–Trinajstić information content (AvgIpc) is 3.65. The van der Waals surface area contributed by atoms with Crippen LogP contribution in [-0.4, -0.2) is 41.1 Å². The minimum atomic E-state index is -0.595. The number of fused-ring (bicyclic) bond motifs is 1. The fourth-order valence-electron chi connectivity index (χ4n) is 5.21. The van der Waals surface area contributed by atoms with Crippen LogP contribution in [0.1, 0.15) is 41.6 Å². The van der Waals surface area contributed by atoms with Crippen LogP contribution in [0.2, 0.25) is 0 Å². The first kappa shape index (κ1) is 21.4. The van der Waals surface area contributed by atoms with Crippen LogP contribution in [-0.2, 0) is 14.3 Å². The molecule has 0 radical (unpaired) electrons. The molecule has 4 unspecified atom stereocenters. The third-order valence-corrected chi connectivity index (χ3v) is 6.85. The van der Waals surface area contributed by atoms with Crippen molar-refractivity contribution in [3.8, 4) is 0 Å². The molecule has 2 fully saturated rings. The number of rotatable bonds is 7. The molecule has 168 valence electrons. The van der Waals surface area contributed by atoms with Crippen molar-refractivity contribution >= 4 is 17.5 Å². The molecule has 0 N–H and O–H groups in total. The zero-order valence-corrected chi connectivity index (χ0v) is 18.6. The van der Waals surface area contributed by atoms with E-state index in [1.54, 1.807) is 19.2 Å². The summed E-state index contributed by atoms with van der Waals surface area (Å²) in [4.78, 5) is 41.9. The van der Waals surface area contributed by atoms with Crippen molar-refractivity contribution in [3.63, 3.8) is 0 Å². The maximum atomic E-state index is 13.9. The highest BCUT2D eigenvalue weighted by molar-refractivity contribution is 6.03. The average molecular weight is 442 g/mol. The minimum Gasteiger partial charge on any atom is -0.462 e. The van der Waals surface area contributed by atoms with E-state index in [9.17, 15) is 14.4 Å². The van der Waals surface area contributed by atoms with Crippen LogP contribution >= 0.6 is 0 Å². The second-order valence-corrected chi connectivity index (χ2v) is 8.92. The van der Waals surface area contributed by atoms with E-state index in [2.05, 4.69) is 0 Å². The highest BCUT2D eigenvalue weighted by Crippen LogP contribution is 2.49. The SMILES string of the molecule is CCOC(=O)C1=CN2C(C=C1)C(C(=O)C1CC1)C(c1ccccc1)C2C(=O)c1ccccc1. The standard InChI is InChI=1S/C28H27NO4/c1-2-33-28(32)21-15-16-22-24(26(30)20-13-14-20)23(18-9-5-3-6-10-18)25(29(22)17-21)27(31)19-11-7-4-8-12-19/h3-12,15-17,20,22-25H,2,13-14H2,1H3. The van der Waals surface area contributed by atoms with Crippen LogP contribution in [0.4, 0.5) is 0 Å². The summed E-state index contributed by atoms with van der Waals surface area (Å²) in [7, 11) is 0. The van der Waals surface area contributed by atoms with Crippen molar-refractivity contribution in [1.82, 2.24) is 4.90 Å². The Morgan fingerprint density at radius 3 is 2.27 bits per heavy atom. The van der Waals surface area contributed by atoms with Crippen LogP contribution in [0.15, 0.2) is 84.6 Å². The van der Waals surface area contributed by atoms with Crippen LogP contribution in [0, 0.1) is 11.8 Å². The first-order valence-corrected chi connectivity index (χ1v) is 11.6. The summed E-state index contributed by atoms with van der Waals surface area (Å²) < 4.78 is 5.21. The lowest BCUT2D eigenvalue weighted by Crippen LogP contribution is -2.40. The fourth-order valence-corrected chi connectivity index (χ4v) is 5.21.